The summed E-state index contributed by atoms with van der Waals surface area (Å²) >= 11 is 0. The summed E-state index contributed by atoms with van der Waals surface area (Å²) in [4.78, 5) is 41.9. The molecule has 0 unspecified atom stereocenters. The molecule has 2 amide bonds. The van der Waals surface area contributed by atoms with Gasteiger partial charge in [-0.15, -0.1) is 0 Å². The van der Waals surface area contributed by atoms with Crippen LogP contribution in [0.5, 0.6) is 0 Å². The number of aromatic nitrogens is 1. The molecule has 1 fully saturated rings. The Balaban J connectivity index is 1.52. The van der Waals surface area contributed by atoms with E-state index in [0.717, 1.165) is 12.1 Å². The molecule has 0 bridgehead atoms. The van der Waals surface area contributed by atoms with Crippen molar-refractivity contribution in [2.75, 3.05) is 10.0 Å². The Morgan fingerprint density at radius 1 is 1.16 bits per heavy atom. The summed E-state index contributed by atoms with van der Waals surface area (Å²) in [5, 5.41) is 5.16. The molecule has 1 saturated carbocycles. The molecular weight excluding hydrogens is 577 g/mol. The molecule has 1 aliphatic rings. The number of ether oxygens (including phenoxy) is 1. The normalized spacial score (nSPS) is 14.3. The van der Waals surface area contributed by atoms with Crippen molar-refractivity contribution in [3.63, 3.8) is 0 Å². The number of halogens is 1. The van der Waals surface area contributed by atoms with Gasteiger partial charge in [0.15, 0.2) is 0 Å². The summed E-state index contributed by atoms with van der Waals surface area (Å²) in [5.74, 6) is -3.00. The number of carbonyl (C=O) groups excluding carboxylic acids is 3. The molecule has 1 atom stereocenters. The van der Waals surface area contributed by atoms with E-state index in [0.29, 0.717) is 24.1 Å². The van der Waals surface area contributed by atoms with E-state index in [9.17, 15) is 22.8 Å². The predicted molar refractivity (Wildman–Crippen MR) is 159 cm³/mol. The highest BCUT2D eigenvalue weighted by Gasteiger charge is 2.45. The number of carbonyl (C=O) groups is 3. The first-order chi connectivity index (χ1) is 20.3. The van der Waals surface area contributed by atoms with Crippen molar-refractivity contribution >= 4 is 45.3 Å². The van der Waals surface area contributed by atoms with Crippen LogP contribution in [0.4, 0.5) is 15.8 Å². The topological polar surface area (TPSA) is 170 Å². The standard InChI is InChI=1S/C30H32FN5O6S/c1-4-20-15-23(27(37)35-26(28(38)42-18(2)3)14-19-6-5-13-33-17-19)24(31)16-25(20)36-43(40,41)22-9-7-21(8-10-22)34-29(39)30(32)11-12-30/h4-10,13,15-18,26,36H,1,11-12,14,32H2,2-3H3,(H,34,39)(H,35,37)/t26-/m0/s1. The van der Waals surface area contributed by atoms with Gasteiger partial charge < -0.3 is 21.1 Å². The molecule has 0 radical (unpaired) electrons. The molecular formula is C30H32FN5O6S. The smallest absolute Gasteiger partial charge is 0.329 e. The van der Waals surface area contributed by atoms with E-state index in [-0.39, 0.29) is 28.5 Å². The van der Waals surface area contributed by atoms with E-state index in [1.807, 2.05) is 0 Å². The maximum atomic E-state index is 15.3. The molecule has 0 aliphatic heterocycles. The summed E-state index contributed by atoms with van der Waals surface area (Å²) in [6.07, 6.45) is 5.11. The fraction of sp³-hybridized carbons (Fsp3) is 0.267. The SMILES string of the molecule is C=Cc1cc(C(=O)N[C@@H](Cc2cccnc2)C(=O)OC(C)C)c(F)cc1NS(=O)(=O)c1ccc(NC(=O)C2(N)CC2)cc1. The minimum Gasteiger partial charge on any atom is -0.461 e. The number of sulfonamides is 1. The van der Waals surface area contributed by atoms with Gasteiger partial charge >= 0.3 is 5.97 Å². The maximum Gasteiger partial charge on any atom is 0.329 e. The molecule has 1 aliphatic carbocycles. The Morgan fingerprint density at radius 3 is 2.44 bits per heavy atom. The van der Waals surface area contributed by atoms with E-state index in [1.165, 1.54) is 36.5 Å². The lowest BCUT2D eigenvalue weighted by molar-refractivity contribution is -0.149. The lowest BCUT2D eigenvalue weighted by Crippen LogP contribution is -2.44. The third-order valence-electron chi connectivity index (χ3n) is 6.62. The highest BCUT2D eigenvalue weighted by Crippen LogP contribution is 2.33. The van der Waals surface area contributed by atoms with Crippen LogP contribution in [0.25, 0.3) is 6.08 Å². The van der Waals surface area contributed by atoms with Crippen molar-refractivity contribution in [3.8, 4) is 0 Å². The molecule has 226 valence electrons. The number of amides is 2. The van der Waals surface area contributed by atoms with Crippen LogP contribution in [-0.4, -0.2) is 48.9 Å². The van der Waals surface area contributed by atoms with Crippen molar-refractivity contribution in [1.29, 1.82) is 0 Å². The summed E-state index contributed by atoms with van der Waals surface area (Å²) in [6.45, 7) is 6.97. The second kappa shape index (κ2) is 12.7. The molecule has 4 rings (SSSR count). The quantitative estimate of drug-likeness (QED) is 0.227. The largest absolute Gasteiger partial charge is 0.461 e. The first kappa shape index (κ1) is 31.3. The number of rotatable bonds is 12. The zero-order valence-corrected chi connectivity index (χ0v) is 24.4. The van der Waals surface area contributed by atoms with Crippen LogP contribution >= 0.6 is 0 Å². The molecule has 0 spiro atoms. The van der Waals surface area contributed by atoms with Gasteiger partial charge in [-0.3, -0.25) is 19.3 Å². The van der Waals surface area contributed by atoms with Gasteiger partial charge in [-0.25, -0.2) is 17.6 Å². The number of esters is 1. The number of hydrogen-bond donors (Lipinski definition) is 4. The van der Waals surface area contributed by atoms with Gasteiger partial charge in [-0.05, 0) is 80.3 Å². The Kier molecular flexibility index (Phi) is 9.26. The van der Waals surface area contributed by atoms with Crippen molar-refractivity contribution in [3.05, 3.63) is 90.0 Å². The van der Waals surface area contributed by atoms with Crippen molar-refractivity contribution in [2.24, 2.45) is 5.73 Å². The molecule has 13 heteroatoms. The molecule has 11 nitrogen and oxygen atoms in total. The molecule has 2 aromatic carbocycles. The fourth-order valence-corrected chi connectivity index (χ4v) is 5.14. The van der Waals surface area contributed by atoms with Crippen LogP contribution in [0.1, 0.15) is 48.2 Å². The molecule has 5 N–H and O–H groups in total. The average molecular weight is 610 g/mol. The van der Waals surface area contributed by atoms with E-state index in [4.69, 9.17) is 10.5 Å². The number of benzene rings is 2. The first-order valence-electron chi connectivity index (χ1n) is 13.4. The van der Waals surface area contributed by atoms with Crippen LogP contribution in [0.3, 0.4) is 0 Å². The Labute approximate surface area is 248 Å². The minimum absolute atomic E-state index is 0.0501. The second-order valence-corrected chi connectivity index (χ2v) is 12.1. The Bertz CT molecular complexity index is 1640. The Hall–Kier alpha value is -4.62. The molecule has 1 heterocycles. The van der Waals surface area contributed by atoms with Gasteiger partial charge in [0.25, 0.3) is 15.9 Å². The summed E-state index contributed by atoms with van der Waals surface area (Å²) in [5.41, 5.74) is 5.52. The van der Waals surface area contributed by atoms with Crippen LogP contribution in [0.2, 0.25) is 0 Å². The number of anilines is 2. The fourth-order valence-electron chi connectivity index (χ4n) is 4.06. The zero-order chi connectivity index (χ0) is 31.4. The predicted octanol–water partition coefficient (Wildman–Crippen LogP) is 3.39. The highest BCUT2D eigenvalue weighted by atomic mass is 32.2. The average Bonchev–Trinajstić information content (AvgIpc) is 3.71. The molecule has 3 aromatic rings. The number of nitrogens with one attached hydrogen (secondary N) is 3. The van der Waals surface area contributed by atoms with E-state index in [1.54, 1.807) is 32.2 Å². The van der Waals surface area contributed by atoms with Gasteiger partial charge in [-0.1, -0.05) is 18.7 Å². The van der Waals surface area contributed by atoms with Crippen LogP contribution in [0, 0.1) is 5.82 Å². The number of nitrogens with two attached hydrogens (primary N) is 1. The van der Waals surface area contributed by atoms with Crippen molar-refractivity contribution in [1.82, 2.24) is 10.3 Å². The molecule has 0 saturated heterocycles. The Morgan fingerprint density at radius 2 is 1.86 bits per heavy atom. The third kappa shape index (κ3) is 7.81. The lowest BCUT2D eigenvalue weighted by Gasteiger charge is -2.20. The van der Waals surface area contributed by atoms with Crippen molar-refractivity contribution in [2.45, 2.75) is 55.7 Å². The summed E-state index contributed by atoms with van der Waals surface area (Å²) in [6, 6.07) is 9.61. The van der Waals surface area contributed by atoms with Crippen LogP contribution in [0.15, 0.2) is 72.4 Å². The molecule has 43 heavy (non-hydrogen) atoms. The highest BCUT2D eigenvalue weighted by molar-refractivity contribution is 7.92. The van der Waals surface area contributed by atoms with Crippen LogP contribution < -0.4 is 21.1 Å². The number of hydrogen-bond acceptors (Lipinski definition) is 8. The lowest BCUT2D eigenvalue weighted by atomic mass is 10.0. The summed E-state index contributed by atoms with van der Waals surface area (Å²) < 4.78 is 49.0. The zero-order valence-electron chi connectivity index (χ0n) is 23.6. The number of nitrogens with zero attached hydrogens (tertiary/aromatic N) is 1. The third-order valence-corrected chi connectivity index (χ3v) is 8.00. The van der Waals surface area contributed by atoms with Gasteiger partial charge in [0.05, 0.1) is 27.8 Å². The van der Waals surface area contributed by atoms with Crippen molar-refractivity contribution < 1.29 is 31.9 Å². The number of pyridine rings is 1. The van der Waals surface area contributed by atoms with E-state index >= 15 is 4.39 Å². The van der Waals surface area contributed by atoms with Gasteiger partial charge in [0, 0.05) is 24.5 Å². The van der Waals surface area contributed by atoms with Gasteiger partial charge in [0.2, 0.25) is 5.91 Å². The second-order valence-electron chi connectivity index (χ2n) is 10.4. The minimum atomic E-state index is -4.20. The summed E-state index contributed by atoms with van der Waals surface area (Å²) in [7, 11) is -4.20. The molecule has 1 aromatic heterocycles. The van der Waals surface area contributed by atoms with E-state index in [2.05, 4.69) is 26.9 Å². The monoisotopic (exact) mass is 609 g/mol. The first-order valence-corrected chi connectivity index (χ1v) is 14.9. The van der Waals surface area contributed by atoms with Crippen LogP contribution in [-0.2, 0) is 30.8 Å². The van der Waals surface area contributed by atoms with Gasteiger partial charge in [-0.2, -0.15) is 0 Å². The van der Waals surface area contributed by atoms with E-state index < -0.39 is 51.0 Å². The van der Waals surface area contributed by atoms with Gasteiger partial charge in [0.1, 0.15) is 11.9 Å². The maximum absolute atomic E-state index is 15.3.